The fourth-order valence-corrected chi connectivity index (χ4v) is 2.96. The molecule has 0 atom stereocenters. The van der Waals surface area contributed by atoms with Gasteiger partial charge in [0.15, 0.2) is 0 Å². The molecule has 0 bridgehead atoms. The summed E-state index contributed by atoms with van der Waals surface area (Å²) >= 11 is 0. The number of rotatable bonds is 6. The summed E-state index contributed by atoms with van der Waals surface area (Å²) < 4.78 is 1.66. The average molecular weight is 353 g/mol. The molecule has 0 aliphatic heterocycles. The number of para-hydroxylation sites is 2. The lowest BCUT2D eigenvalue weighted by molar-refractivity contribution is -0.119. The highest BCUT2D eigenvalue weighted by molar-refractivity contribution is 6.07. The number of hydrogen-bond donors (Lipinski definition) is 3. The number of carbonyl (C=O) groups excluding carboxylic acids is 2. The van der Waals surface area contributed by atoms with Gasteiger partial charge >= 0.3 is 0 Å². The molecule has 0 fully saturated rings. The van der Waals surface area contributed by atoms with Crippen LogP contribution in [-0.4, -0.2) is 39.8 Å². The molecule has 7 heteroatoms. The standard InChI is InChI=1S/C19H19N3O4/c23-11-10-22(14-6-2-1-3-7-14)18(24)13-21-12-16(19(25)20-26)15-8-4-5-9-17(15)21/h1-9,12,23,26H,10-11,13H2,(H,20,25). The maximum atomic E-state index is 12.8. The highest BCUT2D eigenvalue weighted by Gasteiger charge is 2.19. The van der Waals surface area contributed by atoms with Crippen molar-refractivity contribution in [1.82, 2.24) is 10.0 Å². The Labute approximate surface area is 150 Å². The molecule has 2 amide bonds. The number of anilines is 1. The molecule has 26 heavy (non-hydrogen) atoms. The van der Waals surface area contributed by atoms with Gasteiger partial charge in [-0.3, -0.25) is 14.8 Å². The summed E-state index contributed by atoms with van der Waals surface area (Å²) in [5.74, 6) is -0.857. The minimum Gasteiger partial charge on any atom is -0.395 e. The van der Waals surface area contributed by atoms with Gasteiger partial charge in [0.05, 0.1) is 12.2 Å². The van der Waals surface area contributed by atoms with E-state index in [0.717, 1.165) is 0 Å². The predicted molar refractivity (Wildman–Crippen MR) is 97.1 cm³/mol. The number of nitrogens with zero attached hydrogens (tertiary/aromatic N) is 2. The first kappa shape index (κ1) is 17.7. The van der Waals surface area contributed by atoms with E-state index in [4.69, 9.17) is 5.21 Å². The lowest BCUT2D eigenvalue weighted by Gasteiger charge is -2.22. The van der Waals surface area contributed by atoms with Crippen LogP contribution in [0.3, 0.4) is 0 Å². The second-order valence-corrected chi connectivity index (χ2v) is 5.73. The predicted octanol–water partition coefficient (Wildman–Crippen LogP) is 1.79. The second kappa shape index (κ2) is 7.81. The van der Waals surface area contributed by atoms with E-state index >= 15 is 0 Å². The van der Waals surface area contributed by atoms with Crippen LogP contribution in [0.1, 0.15) is 10.4 Å². The molecule has 0 saturated heterocycles. The first-order valence-corrected chi connectivity index (χ1v) is 8.14. The minimum absolute atomic E-state index is 0.00584. The Morgan fingerprint density at radius 1 is 1.04 bits per heavy atom. The van der Waals surface area contributed by atoms with E-state index in [0.29, 0.717) is 16.6 Å². The van der Waals surface area contributed by atoms with Crippen LogP contribution in [0.15, 0.2) is 60.8 Å². The van der Waals surface area contributed by atoms with Crippen molar-refractivity contribution >= 4 is 28.4 Å². The van der Waals surface area contributed by atoms with Crippen molar-refractivity contribution in [2.75, 3.05) is 18.1 Å². The Balaban J connectivity index is 1.94. The number of benzene rings is 2. The molecule has 1 heterocycles. The average Bonchev–Trinajstić information content (AvgIpc) is 3.04. The SMILES string of the molecule is O=C(NO)c1cn(CC(=O)N(CCO)c2ccccc2)c2ccccc12. The van der Waals surface area contributed by atoms with Crippen LogP contribution in [0.2, 0.25) is 0 Å². The van der Waals surface area contributed by atoms with Gasteiger partial charge in [0.25, 0.3) is 5.91 Å². The number of nitrogens with one attached hydrogen (secondary N) is 1. The van der Waals surface area contributed by atoms with Gasteiger partial charge in [-0.05, 0) is 18.2 Å². The maximum absolute atomic E-state index is 12.8. The number of carbonyl (C=O) groups is 2. The van der Waals surface area contributed by atoms with E-state index in [-0.39, 0.29) is 31.2 Å². The Bertz CT molecular complexity index is 921. The molecule has 0 radical (unpaired) electrons. The van der Waals surface area contributed by atoms with Crippen molar-refractivity contribution in [3.8, 4) is 0 Å². The smallest absolute Gasteiger partial charge is 0.276 e. The molecule has 7 nitrogen and oxygen atoms in total. The van der Waals surface area contributed by atoms with Crippen molar-refractivity contribution in [2.45, 2.75) is 6.54 Å². The minimum atomic E-state index is -0.636. The molecule has 3 N–H and O–H groups in total. The van der Waals surface area contributed by atoms with Gasteiger partial charge in [-0.2, -0.15) is 0 Å². The molecule has 0 saturated carbocycles. The van der Waals surface area contributed by atoms with Crippen molar-refractivity contribution in [2.24, 2.45) is 0 Å². The van der Waals surface area contributed by atoms with Crippen LogP contribution in [0.5, 0.6) is 0 Å². The highest BCUT2D eigenvalue weighted by atomic mass is 16.5. The van der Waals surface area contributed by atoms with Crippen LogP contribution in [-0.2, 0) is 11.3 Å². The summed E-state index contributed by atoms with van der Waals surface area (Å²) in [6.07, 6.45) is 1.54. The molecule has 0 aliphatic carbocycles. The van der Waals surface area contributed by atoms with Gasteiger partial charge in [0.2, 0.25) is 5.91 Å². The van der Waals surface area contributed by atoms with Crippen molar-refractivity contribution < 1.29 is 19.9 Å². The quantitative estimate of drug-likeness (QED) is 0.465. The summed E-state index contributed by atoms with van der Waals surface area (Å²) in [5, 5.41) is 18.9. The van der Waals surface area contributed by atoms with Crippen molar-refractivity contribution in [3.63, 3.8) is 0 Å². The number of amides is 2. The third-order valence-electron chi connectivity index (χ3n) is 4.13. The summed E-state index contributed by atoms with van der Waals surface area (Å²) in [7, 11) is 0. The topological polar surface area (TPSA) is 94.8 Å². The van der Waals surface area contributed by atoms with Crippen LogP contribution >= 0.6 is 0 Å². The third-order valence-corrected chi connectivity index (χ3v) is 4.13. The second-order valence-electron chi connectivity index (χ2n) is 5.73. The maximum Gasteiger partial charge on any atom is 0.276 e. The highest BCUT2D eigenvalue weighted by Crippen LogP contribution is 2.22. The summed E-state index contributed by atoms with van der Waals surface area (Å²) in [6.45, 7) is 0.00533. The zero-order valence-electron chi connectivity index (χ0n) is 14.0. The Kier molecular flexibility index (Phi) is 5.31. The molecule has 2 aromatic carbocycles. The van der Waals surface area contributed by atoms with Gasteiger partial charge in [-0.15, -0.1) is 0 Å². The summed E-state index contributed by atoms with van der Waals surface area (Å²) in [5.41, 5.74) is 3.31. The fraction of sp³-hybridized carbons (Fsp3) is 0.158. The zero-order chi connectivity index (χ0) is 18.5. The number of aliphatic hydroxyl groups is 1. The molecular weight excluding hydrogens is 334 g/mol. The molecule has 0 spiro atoms. The van der Waals surface area contributed by atoms with E-state index in [9.17, 15) is 14.7 Å². The van der Waals surface area contributed by atoms with E-state index in [1.807, 2.05) is 24.3 Å². The lowest BCUT2D eigenvalue weighted by Crippen LogP contribution is -2.36. The van der Waals surface area contributed by atoms with E-state index in [2.05, 4.69) is 0 Å². The molecule has 134 valence electrons. The van der Waals surface area contributed by atoms with Crippen LogP contribution in [0.4, 0.5) is 5.69 Å². The van der Waals surface area contributed by atoms with Crippen LogP contribution in [0.25, 0.3) is 10.9 Å². The molecule has 1 aromatic heterocycles. The Morgan fingerprint density at radius 3 is 2.42 bits per heavy atom. The molecule has 3 aromatic rings. The number of aromatic nitrogens is 1. The van der Waals surface area contributed by atoms with Crippen molar-refractivity contribution in [3.05, 3.63) is 66.4 Å². The molecule has 0 aliphatic rings. The van der Waals surface area contributed by atoms with Gasteiger partial charge in [-0.25, -0.2) is 5.48 Å². The van der Waals surface area contributed by atoms with E-state index < -0.39 is 5.91 Å². The molecule has 0 unspecified atom stereocenters. The lowest BCUT2D eigenvalue weighted by atomic mass is 10.2. The largest absolute Gasteiger partial charge is 0.395 e. The van der Waals surface area contributed by atoms with Gasteiger partial charge in [0.1, 0.15) is 6.54 Å². The van der Waals surface area contributed by atoms with Gasteiger partial charge in [-0.1, -0.05) is 36.4 Å². The first-order valence-electron chi connectivity index (χ1n) is 8.14. The molecular formula is C19H19N3O4. The van der Waals surface area contributed by atoms with Crippen LogP contribution < -0.4 is 10.4 Å². The normalized spacial score (nSPS) is 10.7. The number of fused-ring (bicyclic) bond motifs is 1. The van der Waals surface area contributed by atoms with Crippen molar-refractivity contribution in [1.29, 1.82) is 0 Å². The van der Waals surface area contributed by atoms with E-state index in [1.54, 1.807) is 40.4 Å². The Morgan fingerprint density at radius 2 is 1.73 bits per heavy atom. The third kappa shape index (κ3) is 3.44. The van der Waals surface area contributed by atoms with E-state index in [1.165, 1.54) is 11.1 Å². The van der Waals surface area contributed by atoms with Crippen LogP contribution in [0, 0.1) is 0 Å². The summed E-state index contributed by atoms with van der Waals surface area (Å²) in [4.78, 5) is 26.2. The Hall–Kier alpha value is -3.16. The molecule has 3 rings (SSSR count). The number of hydrogen-bond acceptors (Lipinski definition) is 4. The van der Waals surface area contributed by atoms with Gasteiger partial charge < -0.3 is 14.6 Å². The monoisotopic (exact) mass is 353 g/mol. The number of hydroxylamine groups is 1. The fourth-order valence-electron chi connectivity index (χ4n) is 2.96. The summed E-state index contributed by atoms with van der Waals surface area (Å²) in [6, 6.07) is 16.2. The van der Waals surface area contributed by atoms with Gasteiger partial charge in [0, 0.05) is 29.3 Å². The zero-order valence-corrected chi connectivity index (χ0v) is 14.0. The number of aliphatic hydroxyl groups excluding tert-OH is 1. The first-order chi connectivity index (χ1) is 12.7.